The minimum absolute atomic E-state index is 0.178. The number of carbonyl (C=O) groups is 1. The first-order valence-electron chi connectivity index (χ1n) is 3.72. The highest BCUT2D eigenvalue weighted by molar-refractivity contribution is 5.79. The van der Waals surface area contributed by atoms with Crippen LogP contribution in [-0.2, 0) is 4.79 Å². The summed E-state index contributed by atoms with van der Waals surface area (Å²) in [6.45, 7) is 0. The van der Waals surface area contributed by atoms with Gasteiger partial charge in [-0.05, 0) is 0 Å². The molecule has 1 rings (SSSR count). The lowest BCUT2D eigenvalue weighted by Crippen LogP contribution is -3.08. The van der Waals surface area contributed by atoms with E-state index in [0.29, 0.717) is 18.6 Å². The van der Waals surface area contributed by atoms with Crippen molar-refractivity contribution >= 4 is 5.78 Å². The van der Waals surface area contributed by atoms with Gasteiger partial charge in [-0.2, -0.15) is 0 Å². The van der Waals surface area contributed by atoms with Gasteiger partial charge in [0.05, 0.1) is 13.1 Å². The van der Waals surface area contributed by atoms with Crippen LogP contribution in [0.2, 0.25) is 0 Å². The van der Waals surface area contributed by atoms with Gasteiger partial charge >= 0.3 is 0 Å². The second kappa shape index (κ2) is 3.12. The first kappa shape index (κ1) is 7.69. The van der Waals surface area contributed by atoms with E-state index in [2.05, 4.69) is 0 Å². The minimum atomic E-state index is 0.178. The Labute approximate surface area is 60.6 Å². The first-order chi connectivity index (χ1) is 4.70. The molecule has 1 unspecified atom stereocenters. The molecule has 3 nitrogen and oxygen atoms in total. The van der Waals surface area contributed by atoms with Gasteiger partial charge in [-0.15, -0.1) is 0 Å². The van der Waals surface area contributed by atoms with E-state index in [1.165, 1.54) is 0 Å². The van der Waals surface area contributed by atoms with Crippen LogP contribution in [0, 0.1) is 5.21 Å². The number of nitrogens with one attached hydrogen (secondary N) is 1. The third-order valence-corrected chi connectivity index (χ3v) is 2.12. The fourth-order valence-electron chi connectivity index (χ4n) is 1.35. The number of carbonyl (C=O) groups excluding carboxylic acids is 1. The highest BCUT2D eigenvalue weighted by Gasteiger charge is 2.20. The van der Waals surface area contributed by atoms with Crippen molar-refractivity contribution < 1.29 is 9.86 Å². The molecule has 0 heterocycles. The number of hydrogen-bond donors (Lipinski definition) is 1. The molecule has 1 aliphatic rings. The van der Waals surface area contributed by atoms with Crippen molar-refractivity contribution in [3.63, 3.8) is 0 Å². The minimum Gasteiger partial charge on any atom is -0.634 e. The van der Waals surface area contributed by atoms with Gasteiger partial charge in [-0.25, -0.2) is 0 Å². The SMILES string of the molecule is C[NH+]([O-])C1CCC(=O)CC1. The van der Waals surface area contributed by atoms with Gasteiger partial charge in [-0.3, -0.25) is 4.79 Å². The van der Waals surface area contributed by atoms with Crippen LogP contribution in [-0.4, -0.2) is 18.9 Å². The summed E-state index contributed by atoms with van der Waals surface area (Å²) in [5.41, 5.74) is 0. The second-order valence-electron chi connectivity index (χ2n) is 2.92. The molecule has 0 radical (unpaired) electrons. The number of Topliss-reactive ketones (excluding diaryl/α,β-unsaturated/α-hetero) is 1. The van der Waals surface area contributed by atoms with Crippen LogP contribution in [0.15, 0.2) is 0 Å². The zero-order chi connectivity index (χ0) is 7.56. The highest BCUT2D eigenvalue weighted by Crippen LogP contribution is 2.11. The van der Waals surface area contributed by atoms with Gasteiger partial charge in [0.1, 0.15) is 5.78 Å². The highest BCUT2D eigenvalue weighted by atomic mass is 16.5. The summed E-state index contributed by atoms with van der Waals surface area (Å²) >= 11 is 0. The molecule has 0 aromatic carbocycles. The Morgan fingerprint density at radius 1 is 1.50 bits per heavy atom. The zero-order valence-corrected chi connectivity index (χ0v) is 6.22. The van der Waals surface area contributed by atoms with E-state index in [9.17, 15) is 10.0 Å². The lowest BCUT2D eigenvalue weighted by molar-refractivity contribution is -0.855. The fraction of sp³-hybridized carbons (Fsp3) is 0.857. The molecule has 58 valence electrons. The van der Waals surface area contributed by atoms with Gasteiger partial charge in [0.2, 0.25) is 0 Å². The van der Waals surface area contributed by atoms with Crippen LogP contribution in [0.5, 0.6) is 0 Å². The van der Waals surface area contributed by atoms with Gasteiger partial charge in [-0.1, -0.05) is 0 Å². The standard InChI is InChI=1S/C7H13NO2/c1-8(10)6-2-4-7(9)5-3-6/h6,8H,2-5H2,1H3. The van der Waals surface area contributed by atoms with Crippen molar-refractivity contribution in [1.29, 1.82) is 0 Å². The van der Waals surface area contributed by atoms with Gasteiger partial charge in [0, 0.05) is 25.7 Å². The average Bonchev–Trinajstić information content (AvgIpc) is 1.88. The number of hydroxylamine groups is 2. The maximum Gasteiger partial charge on any atom is 0.133 e. The predicted molar refractivity (Wildman–Crippen MR) is 37.5 cm³/mol. The van der Waals surface area contributed by atoms with E-state index < -0.39 is 0 Å². The smallest absolute Gasteiger partial charge is 0.133 e. The lowest BCUT2D eigenvalue weighted by Gasteiger charge is -2.29. The lowest BCUT2D eigenvalue weighted by atomic mass is 9.94. The van der Waals surface area contributed by atoms with Gasteiger partial charge < -0.3 is 10.3 Å². The van der Waals surface area contributed by atoms with Crippen LogP contribution in [0.4, 0.5) is 0 Å². The fourth-order valence-corrected chi connectivity index (χ4v) is 1.35. The van der Waals surface area contributed by atoms with Crippen LogP contribution >= 0.6 is 0 Å². The van der Waals surface area contributed by atoms with Crippen LogP contribution < -0.4 is 5.06 Å². The molecule has 0 aromatic rings. The van der Waals surface area contributed by atoms with E-state index in [0.717, 1.165) is 12.8 Å². The summed E-state index contributed by atoms with van der Waals surface area (Å²) in [7, 11) is 1.61. The summed E-state index contributed by atoms with van der Waals surface area (Å²) in [5, 5.41) is 11.0. The number of quaternary nitrogens is 1. The second-order valence-corrected chi connectivity index (χ2v) is 2.92. The largest absolute Gasteiger partial charge is 0.634 e. The molecule has 0 amide bonds. The molecular formula is C7H13NO2. The summed E-state index contributed by atoms with van der Waals surface area (Å²) in [6.07, 6.45) is 2.80. The summed E-state index contributed by atoms with van der Waals surface area (Å²) in [6, 6.07) is 0.178. The van der Waals surface area contributed by atoms with Gasteiger partial charge in [0.15, 0.2) is 0 Å². The maximum absolute atomic E-state index is 10.8. The molecular weight excluding hydrogens is 130 g/mol. The summed E-state index contributed by atoms with van der Waals surface area (Å²) in [5.74, 6) is 0.317. The van der Waals surface area contributed by atoms with Crippen molar-refractivity contribution in [2.24, 2.45) is 0 Å². The quantitative estimate of drug-likeness (QED) is 0.503. The predicted octanol–water partition coefficient (Wildman–Crippen LogP) is -0.489. The molecule has 0 bridgehead atoms. The van der Waals surface area contributed by atoms with Crippen molar-refractivity contribution in [2.75, 3.05) is 7.05 Å². The molecule has 1 N–H and O–H groups in total. The molecule has 1 atom stereocenters. The van der Waals surface area contributed by atoms with E-state index in [-0.39, 0.29) is 11.1 Å². The Balaban J connectivity index is 2.33. The Kier molecular flexibility index (Phi) is 2.40. The van der Waals surface area contributed by atoms with Gasteiger partial charge in [0.25, 0.3) is 0 Å². The number of rotatable bonds is 1. The average molecular weight is 143 g/mol. The van der Waals surface area contributed by atoms with Crippen molar-refractivity contribution in [3.8, 4) is 0 Å². The molecule has 10 heavy (non-hydrogen) atoms. The Bertz CT molecular complexity index is 124. The number of hydrogen-bond acceptors (Lipinski definition) is 2. The first-order valence-corrected chi connectivity index (χ1v) is 3.72. The Morgan fingerprint density at radius 2 is 2.00 bits per heavy atom. The van der Waals surface area contributed by atoms with Crippen LogP contribution in [0.3, 0.4) is 0 Å². The summed E-state index contributed by atoms with van der Waals surface area (Å²) in [4.78, 5) is 10.7. The topological polar surface area (TPSA) is 44.6 Å². The maximum atomic E-state index is 10.8. The van der Waals surface area contributed by atoms with Crippen LogP contribution in [0.25, 0.3) is 0 Å². The van der Waals surface area contributed by atoms with Crippen LogP contribution in [0.1, 0.15) is 25.7 Å². The Morgan fingerprint density at radius 3 is 2.40 bits per heavy atom. The van der Waals surface area contributed by atoms with E-state index >= 15 is 0 Å². The zero-order valence-electron chi connectivity index (χ0n) is 6.22. The van der Waals surface area contributed by atoms with Crippen molar-refractivity contribution in [3.05, 3.63) is 5.21 Å². The van der Waals surface area contributed by atoms with E-state index in [1.807, 2.05) is 0 Å². The number of ketones is 1. The molecule has 1 fully saturated rings. The molecule has 0 spiro atoms. The third kappa shape index (κ3) is 1.78. The van der Waals surface area contributed by atoms with E-state index in [1.54, 1.807) is 7.05 Å². The van der Waals surface area contributed by atoms with Crippen molar-refractivity contribution in [2.45, 2.75) is 31.7 Å². The molecule has 1 aliphatic carbocycles. The molecule has 1 saturated carbocycles. The molecule has 0 aromatic heterocycles. The molecule has 0 saturated heterocycles. The Hall–Kier alpha value is -0.410. The van der Waals surface area contributed by atoms with Crippen molar-refractivity contribution in [1.82, 2.24) is 0 Å². The molecule has 0 aliphatic heterocycles. The monoisotopic (exact) mass is 143 g/mol. The molecule has 3 heteroatoms. The normalized spacial score (nSPS) is 24.8. The third-order valence-electron chi connectivity index (χ3n) is 2.12. The van der Waals surface area contributed by atoms with E-state index in [4.69, 9.17) is 0 Å². The summed E-state index contributed by atoms with van der Waals surface area (Å²) < 4.78 is 0.